The van der Waals surface area contributed by atoms with Crippen molar-refractivity contribution in [1.29, 1.82) is 0 Å². The summed E-state index contributed by atoms with van der Waals surface area (Å²) in [6.45, 7) is 1.61. The van der Waals surface area contributed by atoms with Crippen molar-refractivity contribution in [3.8, 4) is 0 Å². The number of hydrazone groups is 1. The molecule has 0 spiro atoms. The van der Waals surface area contributed by atoms with Crippen LogP contribution >= 0.6 is 0 Å². The lowest BCUT2D eigenvalue weighted by molar-refractivity contribution is -0.131. The molecule has 0 aromatic heterocycles. The molecule has 25 heavy (non-hydrogen) atoms. The molecule has 1 aliphatic heterocycles. The maximum atomic E-state index is 12.2. The van der Waals surface area contributed by atoms with Crippen LogP contribution < -0.4 is 0 Å². The maximum absolute atomic E-state index is 12.2. The zero-order chi connectivity index (χ0) is 17.2. The first-order valence-corrected chi connectivity index (χ1v) is 8.93. The van der Waals surface area contributed by atoms with Gasteiger partial charge in [0.1, 0.15) is 0 Å². The second-order valence-electron chi connectivity index (χ2n) is 6.78. The summed E-state index contributed by atoms with van der Waals surface area (Å²) in [6.07, 6.45) is 5.47. The van der Waals surface area contributed by atoms with Gasteiger partial charge in [-0.1, -0.05) is 60.7 Å². The minimum absolute atomic E-state index is 0.00909. The topological polar surface area (TPSA) is 32.7 Å². The highest BCUT2D eigenvalue weighted by molar-refractivity contribution is 6.08. The van der Waals surface area contributed by atoms with Gasteiger partial charge in [-0.15, -0.1) is 0 Å². The molecule has 0 N–H and O–H groups in total. The van der Waals surface area contributed by atoms with Crippen LogP contribution in [-0.2, 0) is 4.79 Å². The van der Waals surface area contributed by atoms with Crippen molar-refractivity contribution in [1.82, 2.24) is 5.01 Å². The third-order valence-corrected chi connectivity index (χ3v) is 5.11. The monoisotopic (exact) mass is 330 g/mol. The van der Waals surface area contributed by atoms with E-state index in [4.69, 9.17) is 5.10 Å². The Kier molecular flexibility index (Phi) is 4.22. The average molecular weight is 330 g/mol. The van der Waals surface area contributed by atoms with E-state index < -0.39 is 0 Å². The molecule has 1 heterocycles. The first-order chi connectivity index (χ1) is 12.2. The van der Waals surface area contributed by atoms with Crippen molar-refractivity contribution in [2.24, 2.45) is 11.0 Å². The van der Waals surface area contributed by atoms with E-state index in [1.807, 2.05) is 24.3 Å². The van der Waals surface area contributed by atoms with Gasteiger partial charge >= 0.3 is 0 Å². The fraction of sp³-hybridized carbons (Fsp3) is 0.273. The molecule has 0 saturated heterocycles. The molecule has 1 aliphatic carbocycles. The van der Waals surface area contributed by atoms with Crippen LogP contribution in [0.3, 0.4) is 0 Å². The Labute approximate surface area is 148 Å². The first-order valence-electron chi connectivity index (χ1n) is 8.93. The molecule has 126 valence electrons. The molecule has 3 heteroatoms. The Hall–Kier alpha value is -2.68. The Bertz CT molecular complexity index is 824. The smallest absolute Gasteiger partial charge is 0.240 e. The fourth-order valence-electron chi connectivity index (χ4n) is 4.00. The molecular formula is C22H22N2O. The van der Waals surface area contributed by atoms with Crippen molar-refractivity contribution in [3.63, 3.8) is 0 Å². The Morgan fingerprint density at radius 2 is 1.76 bits per heavy atom. The summed E-state index contributed by atoms with van der Waals surface area (Å²) in [7, 11) is 0. The number of carbonyl (C=O) groups excluding carboxylic acids is 1. The van der Waals surface area contributed by atoms with Gasteiger partial charge in [0.05, 0.1) is 11.8 Å². The highest BCUT2D eigenvalue weighted by atomic mass is 16.2. The Morgan fingerprint density at radius 1 is 1.08 bits per heavy atom. The normalized spacial score (nSPS) is 24.1. The summed E-state index contributed by atoms with van der Waals surface area (Å²) < 4.78 is 0. The summed E-state index contributed by atoms with van der Waals surface area (Å²) in [5.41, 5.74) is 4.73. The molecule has 0 bridgehead atoms. The fourth-order valence-corrected chi connectivity index (χ4v) is 4.00. The zero-order valence-corrected chi connectivity index (χ0v) is 14.4. The second kappa shape index (κ2) is 6.67. The predicted molar refractivity (Wildman–Crippen MR) is 101 cm³/mol. The molecule has 2 aromatic carbocycles. The van der Waals surface area contributed by atoms with E-state index in [-0.39, 0.29) is 17.9 Å². The number of carbonyl (C=O) groups is 1. The lowest BCUT2D eigenvalue weighted by Crippen LogP contribution is -2.30. The molecule has 0 unspecified atom stereocenters. The van der Waals surface area contributed by atoms with Crippen LogP contribution in [0.4, 0.5) is 0 Å². The van der Waals surface area contributed by atoms with Gasteiger partial charge in [0.15, 0.2) is 0 Å². The van der Waals surface area contributed by atoms with Gasteiger partial charge in [-0.3, -0.25) is 4.79 Å². The van der Waals surface area contributed by atoms with Crippen molar-refractivity contribution in [2.75, 3.05) is 0 Å². The van der Waals surface area contributed by atoms with Crippen molar-refractivity contribution < 1.29 is 4.79 Å². The average Bonchev–Trinajstić information content (AvgIpc) is 3.04. The number of hydrogen-bond donors (Lipinski definition) is 0. The Morgan fingerprint density at radius 3 is 2.44 bits per heavy atom. The quantitative estimate of drug-likeness (QED) is 0.776. The van der Waals surface area contributed by atoms with Crippen LogP contribution in [-0.4, -0.2) is 16.6 Å². The summed E-state index contributed by atoms with van der Waals surface area (Å²) >= 11 is 0. The van der Waals surface area contributed by atoms with E-state index in [1.165, 1.54) is 16.7 Å². The molecule has 2 aromatic rings. The van der Waals surface area contributed by atoms with Crippen LogP contribution in [0.2, 0.25) is 0 Å². The second-order valence-corrected chi connectivity index (χ2v) is 6.78. The lowest BCUT2D eigenvalue weighted by atomic mass is 9.77. The third kappa shape index (κ3) is 3.02. The number of benzene rings is 2. The summed E-state index contributed by atoms with van der Waals surface area (Å²) in [4.78, 5) is 12.2. The molecule has 3 nitrogen and oxygen atoms in total. The number of fused-ring (bicyclic) bond motifs is 1. The zero-order valence-electron chi connectivity index (χ0n) is 14.4. The van der Waals surface area contributed by atoms with Gasteiger partial charge in [-0.25, -0.2) is 5.01 Å². The number of hydrogen-bond acceptors (Lipinski definition) is 2. The van der Waals surface area contributed by atoms with Crippen LogP contribution in [0.1, 0.15) is 43.4 Å². The SMILES string of the molecule is CC(=O)N1N=C2/C(=C/c3ccccc3)CCC[C@@H]2[C@@H]1c1ccccc1. The maximum Gasteiger partial charge on any atom is 0.240 e. The highest BCUT2D eigenvalue weighted by Gasteiger charge is 2.42. The first kappa shape index (κ1) is 15.8. The number of amides is 1. The van der Waals surface area contributed by atoms with E-state index in [2.05, 4.69) is 42.5 Å². The molecule has 1 fully saturated rings. The van der Waals surface area contributed by atoms with Gasteiger partial charge in [0, 0.05) is 12.8 Å². The number of allylic oxidation sites excluding steroid dienone is 1. The predicted octanol–water partition coefficient (Wildman–Crippen LogP) is 4.83. The minimum Gasteiger partial charge on any atom is -0.273 e. The Balaban J connectivity index is 1.74. The van der Waals surface area contributed by atoms with Crippen molar-refractivity contribution in [3.05, 3.63) is 77.4 Å². The third-order valence-electron chi connectivity index (χ3n) is 5.11. The summed E-state index contributed by atoms with van der Waals surface area (Å²) in [5.74, 6) is 0.296. The van der Waals surface area contributed by atoms with E-state index in [9.17, 15) is 4.79 Å². The molecular weight excluding hydrogens is 308 g/mol. The van der Waals surface area contributed by atoms with E-state index >= 15 is 0 Å². The van der Waals surface area contributed by atoms with Crippen LogP contribution in [0, 0.1) is 5.92 Å². The number of rotatable bonds is 2. The van der Waals surface area contributed by atoms with Crippen LogP contribution in [0.25, 0.3) is 6.08 Å². The van der Waals surface area contributed by atoms with Gasteiger partial charge in [-0.05, 0) is 42.0 Å². The van der Waals surface area contributed by atoms with Crippen LogP contribution in [0.15, 0.2) is 71.3 Å². The van der Waals surface area contributed by atoms with E-state index in [0.717, 1.165) is 25.0 Å². The van der Waals surface area contributed by atoms with Crippen molar-refractivity contribution >= 4 is 17.7 Å². The van der Waals surface area contributed by atoms with Crippen LogP contribution in [0.5, 0.6) is 0 Å². The minimum atomic E-state index is 0.00909. The largest absolute Gasteiger partial charge is 0.273 e. The summed E-state index contributed by atoms with van der Waals surface area (Å²) in [5, 5.41) is 6.47. The van der Waals surface area contributed by atoms with E-state index in [0.29, 0.717) is 0 Å². The highest BCUT2D eigenvalue weighted by Crippen LogP contribution is 2.44. The molecule has 1 saturated carbocycles. The number of nitrogens with zero attached hydrogens (tertiary/aromatic N) is 2. The van der Waals surface area contributed by atoms with E-state index in [1.54, 1.807) is 11.9 Å². The molecule has 2 aliphatic rings. The summed E-state index contributed by atoms with van der Waals surface area (Å²) in [6, 6.07) is 20.7. The lowest BCUT2D eigenvalue weighted by Gasteiger charge is -2.29. The van der Waals surface area contributed by atoms with Crippen molar-refractivity contribution in [2.45, 2.75) is 32.2 Å². The molecule has 1 amide bonds. The van der Waals surface area contributed by atoms with Gasteiger partial charge < -0.3 is 0 Å². The molecule has 0 radical (unpaired) electrons. The van der Waals surface area contributed by atoms with Gasteiger partial charge in [0.25, 0.3) is 0 Å². The van der Waals surface area contributed by atoms with Gasteiger partial charge in [-0.2, -0.15) is 5.10 Å². The van der Waals surface area contributed by atoms with Gasteiger partial charge in [0.2, 0.25) is 5.91 Å². The molecule has 4 rings (SSSR count). The molecule has 2 atom stereocenters. The standard InChI is InChI=1S/C22H22N2O/c1-16(25)24-22(18-11-6-3-7-12-18)20-14-8-13-19(21(20)23-24)15-17-9-4-2-5-10-17/h2-7,9-12,15,20,22H,8,13-14H2,1H3/b19-15+/t20-,22-/m0/s1.